The Bertz CT molecular complexity index is 734. The molecule has 2 aromatic rings. The third kappa shape index (κ3) is 3.49. The molecule has 0 spiro atoms. The van der Waals surface area contributed by atoms with Crippen LogP contribution < -0.4 is 0 Å². The van der Waals surface area contributed by atoms with Crippen LogP contribution in [0.1, 0.15) is 11.1 Å². The van der Waals surface area contributed by atoms with Crippen molar-refractivity contribution in [3.8, 4) is 0 Å². The van der Waals surface area contributed by atoms with Crippen molar-refractivity contribution in [3.05, 3.63) is 70.7 Å². The second-order valence-electron chi connectivity index (χ2n) is 4.28. The minimum atomic E-state index is -3.85. The highest BCUT2D eigenvalue weighted by Crippen LogP contribution is 2.23. The summed E-state index contributed by atoms with van der Waals surface area (Å²) in [5.41, 5.74) is 1.59. The van der Waals surface area contributed by atoms with E-state index in [4.69, 9.17) is 4.18 Å². The number of benzene rings is 2. The Morgan fingerprint density at radius 2 is 1.80 bits per heavy atom. The van der Waals surface area contributed by atoms with E-state index in [9.17, 15) is 8.42 Å². The summed E-state index contributed by atoms with van der Waals surface area (Å²) in [5, 5.41) is 0. The first kappa shape index (κ1) is 14.8. The van der Waals surface area contributed by atoms with E-state index in [-0.39, 0.29) is 10.7 Å². The van der Waals surface area contributed by atoms with Crippen molar-refractivity contribution in [2.45, 2.75) is 11.8 Å². The third-order valence-electron chi connectivity index (χ3n) is 2.67. The monoisotopic (exact) mass is 352 g/mol. The molecule has 0 aliphatic heterocycles. The molecular formula is C15H13BrO3S. The lowest BCUT2D eigenvalue weighted by Gasteiger charge is -2.10. The molecule has 0 aliphatic rings. The molecule has 0 unspecified atom stereocenters. The van der Waals surface area contributed by atoms with E-state index in [0.29, 0.717) is 5.56 Å². The van der Waals surface area contributed by atoms with E-state index in [2.05, 4.69) is 22.5 Å². The van der Waals surface area contributed by atoms with Crippen LogP contribution in [-0.2, 0) is 14.3 Å². The Morgan fingerprint density at radius 3 is 2.40 bits per heavy atom. The van der Waals surface area contributed by atoms with Gasteiger partial charge in [0.15, 0.2) is 0 Å². The van der Waals surface area contributed by atoms with Crippen molar-refractivity contribution in [2.75, 3.05) is 0 Å². The average molecular weight is 353 g/mol. The van der Waals surface area contributed by atoms with E-state index in [1.165, 1.54) is 12.1 Å². The Labute approximate surface area is 127 Å². The molecule has 0 saturated heterocycles. The fourth-order valence-corrected chi connectivity index (χ4v) is 2.92. The van der Waals surface area contributed by atoms with Gasteiger partial charge in [-0.2, -0.15) is 8.42 Å². The van der Waals surface area contributed by atoms with E-state index in [0.717, 1.165) is 10.0 Å². The predicted octanol–water partition coefficient (Wildman–Crippen LogP) is 4.13. The van der Waals surface area contributed by atoms with Crippen LogP contribution >= 0.6 is 15.9 Å². The van der Waals surface area contributed by atoms with E-state index in [1.54, 1.807) is 30.3 Å². The van der Waals surface area contributed by atoms with Gasteiger partial charge in [-0.3, -0.25) is 0 Å². The van der Waals surface area contributed by atoms with Crippen LogP contribution in [0.4, 0.5) is 0 Å². The molecule has 0 saturated carbocycles. The number of halogens is 1. The van der Waals surface area contributed by atoms with E-state index < -0.39 is 10.1 Å². The molecule has 2 aromatic carbocycles. The van der Waals surface area contributed by atoms with Crippen LogP contribution in [0.15, 0.2) is 64.5 Å². The maximum absolute atomic E-state index is 12.1. The van der Waals surface area contributed by atoms with Crippen LogP contribution in [0.5, 0.6) is 0 Å². The summed E-state index contributed by atoms with van der Waals surface area (Å²) in [6, 6.07) is 13.6. The molecule has 0 atom stereocenters. The van der Waals surface area contributed by atoms with Gasteiger partial charge >= 0.3 is 10.1 Å². The van der Waals surface area contributed by atoms with Gasteiger partial charge < -0.3 is 4.18 Å². The molecule has 0 radical (unpaired) electrons. The van der Waals surface area contributed by atoms with Crippen molar-refractivity contribution in [1.29, 1.82) is 0 Å². The first-order valence-electron chi connectivity index (χ1n) is 5.84. The van der Waals surface area contributed by atoms with E-state index >= 15 is 0 Å². The number of hydrogen-bond donors (Lipinski definition) is 0. The van der Waals surface area contributed by atoms with Crippen LogP contribution in [0.2, 0.25) is 0 Å². The molecule has 0 fully saturated rings. The first-order chi connectivity index (χ1) is 9.38. The highest BCUT2D eigenvalue weighted by molar-refractivity contribution is 9.10. The molecule has 0 N–H and O–H groups in total. The normalized spacial score (nSPS) is 11.1. The van der Waals surface area contributed by atoms with Gasteiger partial charge in [0.25, 0.3) is 0 Å². The topological polar surface area (TPSA) is 43.4 Å². The molecule has 0 amide bonds. The third-order valence-corrected chi connectivity index (χ3v) is 4.43. The van der Waals surface area contributed by atoms with Crippen molar-refractivity contribution in [1.82, 2.24) is 0 Å². The van der Waals surface area contributed by atoms with Crippen LogP contribution in [0.3, 0.4) is 0 Å². The molecule has 3 nitrogen and oxygen atoms in total. The highest BCUT2D eigenvalue weighted by atomic mass is 79.9. The maximum atomic E-state index is 12.1. The van der Waals surface area contributed by atoms with Crippen molar-refractivity contribution < 1.29 is 12.6 Å². The van der Waals surface area contributed by atoms with Crippen LogP contribution in [0, 0.1) is 6.92 Å². The largest absolute Gasteiger partial charge is 0.379 e. The van der Waals surface area contributed by atoms with Gasteiger partial charge in [-0.1, -0.05) is 52.3 Å². The van der Waals surface area contributed by atoms with Crippen molar-refractivity contribution in [2.24, 2.45) is 0 Å². The Morgan fingerprint density at radius 1 is 1.15 bits per heavy atom. The van der Waals surface area contributed by atoms with Gasteiger partial charge in [0.1, 0.15) is 10.7 Å². The van der Waals surface area contributed by atoms with Crippen molar-refractivity contribution in [3.63, 3.8) is 0 Å². The average Bonchev–Trinajstić information content (AvgIpc) is 2.38. The molecule has 104 valence electrons. The molecule has 2 rings (SSSR count). The zero-order valence-corrected chi connectivity index (χ0v) is 13.2. The predicted molar refractivity (Wildman–Crippen MR) is 82.6 cm³/mol. The highest BCUT2D eigenvalue weighted by Gasteiger charge is 2.17. The fourth-order valence-electron chi connectivity index (χ4n) is 1.60. The quantitative estimate of drug-likeness (QED) is 0.613. The molecule has 0 aliphatic carbocycles. The fraction of sp³-hybridized carbons (Fsp3) is 0.0667. The van der Waals surface area contributed by atoms with Crippen LogP contribution in [0.25, 0.3) is 5.76 Å². The lowest BCUT2D eigenvalue weighted by Crippen LogP contribution is -2.05. The lowest BCUT2D eigenvalue weighted by atomic mass is 10.2. The zero-order valence-electron chi connectivity index (χ0n) is 10.8. The SMILES string of the molecule is C=C(OS(=O)(=O)c1ccc(C)cc1)c1cccc(Br)c1. The Kier molecular flexibility index (Phi) is 4.30. The lowest BCUT2D eigenvalue weighted by molar-refractivity contribution is 0.464. The summed E-state index contributed by atoms with van der Waals surface area (Å²) in [5.74, 6) is 0.0897. The van der Waals surface area contributed by atoms with Gasteiger partial charge in [0.2, 0.25) is 0 Å². The molecule has 0 bridgehead atoms. The Hall–Kier alpha value is -1.59. The zero-order chi connectivity index (χ0) is 14.8. The number of hydrogen-bond acceptors (Lipinski definition) is 3. The first-order valence-corrected chi connectivity index (χ1v) is 8.04. The van der Waals surface area contributed by atoms with Gasteiger partial charge in [-0.25, -0.2) is 0 Å². The number of rotatable bonds is 4. The minimum absolute atomic E-state index is 0.0897. The summed E-state index contributed by atoms with van der Waals surface area (Å²) in [6.07, 6.45) is 0. The second kappa shape index (κ2) is 5.81. The summed E-state index contributed by atoms with van der Waals surface area (Å²) in [6.45, 7) is 5.56. The van der Waals surface area contributed by atoms with Gasteiger partial charge in [-0.15, -0.1) is 0 Å². The molecule has 5 heteroatoms. The van der Waals surface area contributed by atoms with Gasteiger partial charge in [-0.05, 0) is 31.2 Å². The Balaban J connectivity index is 2.24. The molecular weight excluding hydrogens is 340 g/mol. The number of aryl methyl sites for hydroxylation is 1. The van der Waals surface area contributed by atoms with Crippen LogP contribution in [-0.4, -0.2) is 8.42 Å². The molecule has 0 aromatic heterocycles. The standard InChI is InChI=1S/C15H13BrO3S/c1-11-6-8-15(9-7-11)20(17,18)19-12(2)13-4-3-5-14(16)10-13/h3-10H,2H2,1H3. The smallest absolute Gasteiger partial charge is 0.339 e. The second-order valence-corrected chi connectivity index (χ2v) is 6.75. The summed E-state index contributed by atoms with van der Waals surface area (Å²) in [4.78, 5) is 0.110. The maximum Gasteiger partial charge on any atom is 0.339 e. The summed E-state index contributed by atoms with van der Waals surface area (Å²) in [7, 11) is -3.85. The van der Waals surface area contributed by atoms with Crippen molar-refractivity contribution >= 4 is 31.8 Å². The molecule has 20 heavy (non-hydrogen) atoms. The molecule has 0 heterocycles. The minimum Gasteiger partial charge on any atom is -0.379 e. The van der Waals surface area contributed by atoms with Gasteiger partial charge in [0.05, 0.1) is 0 Å². The summed E-state index contributed by atoms with van der Waals surface area (Å²) < 4.78 is 30.1. The summed E-state index contributed by atoms with van der Waals surface area (Å²) >= 11 is 3.32. The van der Waals surface area contributed by atoms with E-state index in [1.807, 2.05) is 13.0 Å². The van der Waals surface area contributed by atoms with Gasteiger partial charge in [0, 0.05) is 10.0 Å².